The summed E-state index contributed by atoms with van der Waals surface area (Å²) in [5, 5.41) is 20.6. The number of nitrogens with one attached hydrogen (secondary N) is 1. The molecule has 3 aromatic rings. The Morgan fingerprint density at radius 3 is 2.72 bits per heavy atom. The molecule has 1 heterocycles. The van der Waals surface area contributed by atoms with Crippen LogP contribution in [0.3, 0.4) is 0 Å². The van der Waals surface area contributed by atoms with Crippen molar-refractivity contribution in [3.8, 4) is 11.5 Å². The van der Waals surface area contributed by atoms with Crippen LogP contribution in [0.25, 0.3) is 0 Å². The van der Waals surface area contributed by atoms with Crippen LogP contribution in [0, 0.1) is 18.6 Å². The number of nitrogens with zero attached hydrogens (tertiary/aromatic N) is 3. The summed E-state index contributed by atoms with van der Waals surface area (Å²) < 4.78 is 7.75. The van der Waals surface area contributed by atoms with Gasteiger partial charge in [-0.25, -0.2) is 5.10 Å². The van der Waals surface area contributed by atoms with E-state index in [0.29, 0.717) is 10.6 Å². The lowest BCUT2D eigenvalue weighted by atomic mass is 10.1. The number of aromatic nitrogens is 3. The van der Waals surface area contributed by atoms with Gasteiger partial charge >= 0.3 is 0 Å². The molecule has 0 spiro atoms. The molecule has 0 aliphatic rings. The Hall–Kier alpha value is -2.93. The molecule has 0 aliphatic carbocycles. The molecule has 0 unspecified atom stereocenters. The van der Waals surface area contributed by atoms with E-state index in [9.17, 15) is 5.11 Å². The second-order valence-electron chi connectivity index (χ2n) is 5.65. The minimum atomic E-state index is 0.208. The van der Waals surface area contributed by atoms with Gasteiger partial charge in [-0.05, 0) is 67.5 Å². The van der Waals surface area contributed by atoms with Gasteiger partial charge in [-0.15, -0.1) is 0 Å². The van der Waals surface area contributed by atoms with Gasteiger partial charge in [-0.1, -0.05) is 17.7 Å². The van der Waals surface area contributed by atoms with Gasteiger partial charge in [0.05, 0.1) is 6.21 Å². The minimum absolute atomic E-state index is 0.208. The van der Waals surface area contributed by atoms with Gasteiger partial charge in [-0.2, -0.15) is 14.9 Å². The Bertz CT molecular complexity index is 958. The molecule has 1 aromatic heterocycles. The van der Waals surface area contributed by atoms with Crippen LogP contribution in [-0.4, -0.2) is 26.2 Å². The van der Waals surface area contributed by atoms with Gasteiger partial charge in [-0.3, -0.25) is 0 Å². The molecule has 6 nitrogen and oxygen atoms in total. The molecule has 2 aromatic carbocycles. The van der Waals surface area contributed by atoms with Crippen LogP contribution in [0.4, 0.5) is 0 Å². The normalized spacial score (nSPS) is 11.1. The predicted octanol–water partition coefficient (Wildman–Crippen LogP) is 3.72. The molecule has 0 amide bonds. The first kappa shape index (κ1) is 16.9. The van der Waals surface area contributed by atoms with E-state index in [0.717, 1.165) is 16.9 Å². The zero-order chi connectivity index (χ0) is 17.8. The first-order valence-electron chi connectivity index (χ1n) is 7.72. The van der Waals surface area contributed by atoms with Crippen LogP contribution in [-0.2, 0) is 6.61 Å². The quantitative estimate of drug-likeness (QED) is 0.541. The zero-order valence-electron chi connectivity index (χ0n) is 13.9. The monoisotopic (exact) mass is 354 g/mol. The lowest BCUT2D eigenvalue weighted by molar-refractivity contribution is 0.288. The van der Waals surface area contributed by atoms with Crippen LogP contribution in [0.5, 0.6) is 11.5 Å². The third-order valence-electron chi connectivity index (χ3n) is 3.62. The lowest BCUT2D eigenvalue weighted by Crippen LogP contribution is -2.05. The highest BCUT2D eigenvalue weighted by Crippen LogP contribution is 2.19. The molecule has 0 atom stereocenters. The first-order valence-corrected chi connectivity index (χ1v) is 8.13. The van der Waals surface area contributed by atoms with Crippen molar-refractivity contribution in [1.29, 1.82) is 0 Å². The summed E-state index contributed by atoms with van der Waals surface area (Å²) >= 11 is 5.22. The third kappa shape index (κ3) is 4.13. The standard InChI is InChI=1S/C18H18N4O2S/c1-12-3-8-16(13(2)9-12)24-11-17-20-21-18(25)22(17)19-10-14-4-6-15(23)7-5-14/h3-10,23H,11H2,1-2H3,(H,21,25)/b19-10+. The number of hydrogen-bond acceptors (Lipinski definition) is 5. The van der Waals surface area contributed by atoms with Crippen LogP contribution in [0.2, 0.25) is 0 Å². The van der Waals surface area contributed by atoms with Gasteiger partial charge < -0.3 is 9.84 Å². The fourth-order valence-electron chi connectivity index (χ4n) is 2.33. The number of benzene rings is 2. The van der Waals surface area contributed by atoms with Crippen molar-refractivity contribution >= 4 is 18.4 Å². The van der Waals surface area contributed by atoms with Crippen molar-refractivity contribution in [1.82, 2.24) is 14.9 Å². The summed E-state index contributed by atoms with van der Waals surface area (Å²) in [5.74, 6) is 1.58. The van der Waals surface area contributed by atoms with Crippen LogP contribution < -0.4 is 4.74 Å². The molecule has 0 bridgehead atoms. The number of rotatable bonds is 5. The van der Waals surface area contributed by atoms with Gasteiger partial charge in [0.1, 0.15) is 18.1 Å². The van der Waals surface area contributed by atoms with Gasteiger partial charge in [0.15, 0.2) is 5.82 Å². The van der Waals surface area contributed by atoms with Crippen molar-refractivity contribution in [2.45, 2.75) is 20.5 Å². The Balaban J connectivity index is 1.77. The van der Waals surface area contributed by atoms with Crippen molar-refractivity contribution in [2.75, 3.05) is 0 Å². The summed E-state index contributed by atoms with van der Waals surface area (Å²) in [5.41, 5.74) is 3.08. The van der Waals surface area contributed by atoms with E-state index in [-0.39, 0.29) is 12.4 Å². The summed E-state index contributed by atoms with van der Waals surface area (Å²) in [4.78, 5) is 0. The largest absolute Gasteiger partial charge is 0.508 e. The maximum absolute atomic E-state index is 9.32. The Morgan fingerprint density at radius 2 is 2.00 bits per heavy atom. The summed E-state index contributed by atoms with van der Waals surface area (Å²) in [6, 6.07) is 12.7. The Kier molecular flexibility index (Phi) is 4.95. The van der Waals surface area contributed by atoms with Crippen molar-refractivity contribution < 1.29 is 9.84 Å². The van der Waals surface area contributed by atoms with E-state index in [1.807, 2.05) is 26.0 Å². The minimum Gasteiger partial charge on any atom is -0.508 e. The molecule has 2 N–H and O–H groups in total. The van der Waals surface area contributed by atoms with Crippen LogP contribution >= 0.6 is 12.2 Å². The Morgan fingerprint density at radius 1 is 1.24 bits per heavy atom. The number of phenolic OH excluding ortho intramolecular Hbond substituents is 1. The first-order chi connectivity index (χ1) is 12.0. The molecule has 0 fully saturated rings. The maximum Gasteiger partial charge on any atom is 0.216 e. The average molecular weight is 354 g/mol. The number of phenols is 1. The number of aromatic amines is 1. The summed E-state index contributed by atoms with van der Waals surface area (Å²) in [6.45, 7) is 4.28. The van der Waals surface area contributed by atoms with E-state index in [2.05, 4.69) is 21.4 Å². The molecule has 0 aliphatic heterocycles. The van der Waals surface area contributed by atoms with E-state index in [1.165, 1.54) is 10.2 Å². The topological polar surface area (TPSA) is 75.4 Å². The maximum atomic E-state index is 9.32. The number of H-pyrrole nitrogens is 1. The molecule has 25 heavy (non-hydrogen) atoms. The van der Waals surface area contributed by atoms with E-state index < -0.39 is 0 Å². The van der Waals surface area contributed by atoms with Gasteiger partial charge in [0.2, 0.25) is 4.77 Å². The highest BCUT2D eigenvalue weighted by molar-refractivity contribution is 7.71. The molecule has 0 radical (unpaired) electrons. The van der Waals surface area contributed by atoms with Gasteiger partial charge in [0, 0.05) is 0 Å². The molecule has 3 rings (SSSR count). The summed E-state index contributed by atoms with van der Waals surface area (Å²) in [6.07, 6.45) is 1.64. The molecule has 0 saturated heterocycles. The second-order valence-corrected chi connectivity index (χ2v) is 6.04. The zero-order valence-corrected chi connectivity index (χ0v) is 14.7. The Labute approximate surface area is 150 Å². The van der Waals surface area contributed by atoms with Crippen LogP contribution in [0.1, 0.15) is 22.5 Å². The molecular formula is C18H18N4O2S. The molecular weight excluding hydrogens is 336 g/mol. The number of aryl methyl sites for hydroxylation is 2. The van der Waals surface area contributed by atoms with E-state index in [4.69, 9.17) is 17.0 Å². The van der Waals surface area contributed by atoms with Crippen molar-refractivity contribution in [3.63, 3.8) is 0 Å². The SMILES string of the molecule is Cc1ccc(OCc2n[nH]c(=S)n2/N=C/c2ccc(O)cc2)c(C)c1. The molecule has 128 valence electrons. The number of hydrogen-bond donors (Lipinski definition) is 2. The fraction of sp³-hybridized carbons (Fsp3) is 0.167. The third-order valence-corrected chi connectivity index (χ3v) is 3.88. The average Bonchev–Trinajstić information content (AvgIpc) is 2.94. The molecule has 0 saturated carbocycles. The van der Waals surface area contributed by atoms with Crippen molar-refractivity contribution in [3.05, 3.63) is 69.8 Å². The van der Waals surface area contributed by atoms with Gasteiger partial charge in [0.25, 0.3) is 0 Å². The lowest BCUT2D eigenvalue weighted by Gasteiger charge is -2.09. The van der Waals surface area contributed by atoms with E-state index >= 15 is 0 Å². The number of aromatic hydroxyl groups is 1. The van der Waals surface area contributed by atoms with Crippen molar-refractivity contribution in [2.24, 2.45) is 5.10 Å². The highest BCUT2D eigenvalue weighted by Gasteiger charge is 2.07. The van der Waals surface area contributed by atoms with E-state index in [1.54, 1.807) is 30.5 Å². The smallest absolute Gasteiger partial charge is 0.216 e. The fourth-order valence-corrected chi connectivity index (χ4v) is 2.52. The second kappa shape index (κ2) is 7.31. The predicted molar refractivity (Wildman–Crippen MR) is 98.8 cm³/mol. The highest BCUT2D eigenvalue weighted by atomic mass is 32.1. The summed E-state index contributed by atoms with van der Waals surface area (Å²) in [7, 11) is 0. The van der Waals surface area contributed by atoms with Crippen LogP contribution in [0.15, 0.2) is 47.6 Å². The number of ether oxygens (including phenoxy) is 1. The molecule has 7 heteroatoms.